The largest absolute Gasteiger partial charge is 0.393 e. The zero-order valence-corrected chi connectivity index (χ0v) is 16.6. The fourth-order valence-electron chi connectivity index (χ4n) is 3.48. The average molecular weight is 379 g/mol. The highest BCUT2D eigenvalue weighted by molar-refractivity contribution is 5.57. The molecule has 148 valence electrons. The Labute approximate surface area is 167 Å². The predicted octanol–water partition coefficient (Wildman–Crippen LogP) is 3.91. The smallest absolute Gasteiger partial charge is 0.222 e. The number of nitrogens with two attached hydrogens (primary N) is 1. The molecule has 1 aromatic heterocycles. The molecule has 0 saturated heterocycles. The maximum atomic E-state index is 9.69. The van der Waals surface area contributed by atoms with Gasteiger partial charge in [-0.05, 0) is 56.2 Å². The highest BCUT2D eigenvalue weighted by Gasteiger charge is 2.20. The Bertz CT molecular complexity index is 815. The van der Waals surface area contributed by atoms with Crippen LogP contribution in [-0.2, 0) is 6.42 Å². The summed E-state index contributed by atoms with van der Waals surface area (Å²) < 4.78 is 0. The van der Waals surface area contributed by atoms with Crippen LogP contribution in [-0.4, -0.2) is 27.2 Å². The lowest BCUT2D eigenvalue weighted by molar-refractivity contribution is 0.126. The molecule has 1 aromatic carbocycles. The number of nitrogen functional groups attached to an aromatic ring is 1. The maximum Gasteiger partial charge on any atom is 0.222 e. The summed E-state index contributed by atoms with van der Waals surface area (Å²) in [6.07, 6.45) is 9.81. The molecule has 0 bridgehead atoms. The van der Waals surface area contributed by atoms with Crippen LogP contribution in [0.3, 0.4) is 0 Å². The molecular formula is C23H30N4O. The van der Waals surface area contributed by atoms with Crippen molar-refractivity contribution in [3.05, 3.63) is 47.2 Å². The first kappa shape index (κ1) is 20.2. The van der Waals surface area contributed by atoms with Gasteiger partial charge in [-0.3, -0.25) is 0 Å². The Hall–Kier alpha value is -2.58. The number of unbranched alkanes of at least 4 members (excludes halogenated alkanes) is 2. The van der Waals surface area contributed by atoms with E-state index in [-0.39, 0.29) is 18.1 Å². The van der Waals surface area contributed by atoms with E-state index in [0.717, 1.165) is 43.2 Å². The Morgan fingerprint density at radius 3 is 2.57 bits per heavy atom. The number of aliphatic hydroxyl groups is 1. The van der Waals surface area contributed by atoms with Gasteiger partial charge >= 0.3 is 0 Å². The zero-order valence-electron chi connectivity index (χ0n) is 16.6. The number of nitrogens with zero attached hydrogens (tertiary/aromatic N) is 2. The standard InChI is InChI=1S/C23H30N4O/c1-2-3-4-5-17-6-8-18(9-7-17)10-11-19-16-25-23(24)27-22(19)26-20-12-14-21(28)15-13-20/h6-9,16,20-21,28H,2-5,12-15H2,1H3,(H3,24,25,26,27). The number of rotatable bonds is 6. The van der Waals surface area contributed by atoms with Gasteiger partial charge in [-0.15, -0.1) is 0 Å². The second-order valence-electron chi connectivity index (χ2n) is 7.54. The van der Waals surface area contributed by atoms with E-state index in [1.807, 2.05) is 0 Å². The van der Waals surface area contributed by atoms with Crippen molar-refractivity contribution in [1.29, 1.82) is 0 Å². The van der Waals surface area contributed by atoms with Gasteiger partial charge in [-0.25, -0.2) is 4.98 Å². The molecule has 5 heteroatoms. The van der Waals surface area contributed by atoms with E-state index >= 15 is 0 Å². The highest BCUT2D eigenvalue weighted by atomic mass is 16.3. The second kappa shape index (κ2) is 10.1. The van der Waals surface area contributed by atoms with E-state index in [2.05, 4.69) is 58.3 Å². The molecule has 4 N–H and O–H groups in total. The minimum absolute atomic E-state index is 0.183. The number of hydrogen-bond acceptors (Lipinski definition) is 5. The molecule has 3 rings (SSSR count). The minimum Gasteiger partial charge on any atom is -0.393 e. The van der Waals surface area contributed by atoms with Crippen molar-refractivity contribution in [2.24, 2.45) is 0 Å². The molecule has 0 amide bonds. The summed E-state index contributed by atoms with van der Waals surface area (Å²) in [6, 6.07) is 8.74. The van der Waals surface area contributed by atoms with E-state index in [1.165, 1.54) is 24.8 Å². The average Bonchev–Trinajstić information content (AvgIpc) is 2.70. The van der Waals surface area contributed by atoms with E-state index in [1.54, 1.807) is 6.20 Å². The van der Waals surface area contributed by atoms with Gasteiger partial charge in [0.2, 0.25) is 5.95 Å². The van der Waals surface area contributed by atoms with Crippen LogP contribution in [0.5, 0.6) is 0 Å². The van der Waals surface area contributed by atoms with E-state index < -0.39 is 0 Å². The molecule has 2 aromatic rings. The van der Waals surface area contributed by atoms with Gasteiger partial charge in [0, 0.05) is 11.6 Å². The molecule has 0 spiro atoms. The third-order valence-electron chi connectivity index (χ3n) is 5.21. The molecule has 1 aliphatic rings. The fourth-order valence-corrected chi connectivity index (χ4v) is 3.48. The number of hydrogen-bond donors (Lipinski definition) is 3. The third kappa shape index (κ3) is 5.97. The predicted molar refractivity (Wildman–Crippen MR) is 114 cm³/mol. The first-order valence-electron chi connectivity index (χ1n) is 10.3. The Balaban J connectivity index is 1.69. The van der Waals surface area contributed by atoms with Crippen molar-refractivity contribution in [3.63, 3.8) is 0 Å². The summed E-state index contributed by atoms with van der Waals surface area (Å²) in [4.78, 5) is 8.44. The summed E-state index contributed by atoms with van der Waals surface area (Å²) in [5.41, 5.74) is 8.85. The van der Waals surface area contributed by atoms with Crippen LogP contribution in [0.1, 0.15) is 68.6 Å². The van der Waals surface area contributed by atoms with Crippen molar-refractivity contribution in [3.8, 4) is 11.8 Å². The van der Waals surface area contributed by atoms with Gasteiger partial charge in [0.1, 0.15) is 5.82 Å². The molecule has 0 aliphatic heterocycles. The van der Waals surface area contributed by atoms with Crippen molar-refractivity contribution >= 4 is 11.8 Å². The first-order valence-corrected chi connectivity index (χ1v) is 10.3. The Morgan fingerprint density at radius 2 is 1.86 bits per heavy atom. The minimum atomic E-state index is -0.183. The normalized spacial score (nSPS) is 18.9. The summed E-state index contributed by atoms with van der Waals surface area (Å²) in [5.74, 6) is 7.31. The molecule has 1 saturated carbocycles. The monoisotopic (exact) mass is 378 g/mol. The summed E-state index contributed by atoms with van der Waals surface area (Å²) >= 11 is 0. The molecule has 5 nitrogen and oxygen atoms in total. The number of aryl methyl sites for hydroxylation is 1. The van der Waals surface area contributed by atoms with Crippen molar-refractivity contribution in [1.82, 2.24) is 9.97 Å². The molecule has 0 atom stereocenters. The lowest BCUT2D eigenvalue weighted by Crippen LogP contribution is -2.29. The van der Waals surface area contributed by atoms with Crippen LogP contribution in [0.15, 0.2) is 30.5 Å². The topological polar surface area (TPSA) is 84.1 Å². The number of anilines is 2. The van der Waals surface area contributed by atoms with E-state index in [9.17, 15) is 5.11 Å². The van der Waals surface area contributed by atoms with Gasteiger partial charge in [0.05, 0.1) is 17.9 Å². The quantitative estimate of drug-likeness (QED) is 0.524. The van der Waals surface area contributed by atoms with Crippen LogP contribution < -0.4 is 11.1 Å². The van der Waals surface area contributed by atoms with Gasteiger partial charge in [-0.1, -0.05) is 43.7 Å². The third-order valence-corrected chi connectivity index (χ3v) is 5.21. The van der Waals surface area contributed by atoms with Gasteiger partial charge in [0.15, 0.2) is 0 Å². The van der Waals surface area contributed by atoms with Crippen molar-refractivity contribution < 1.29 is 5.11 Å². The fraction of sp³-hybridized carbons (Fsp3) is 0.478. The van der Waals surface area contributed by atoms with Crippen molar-refractivity contribution in [2.45, 2.75) is 70.4 Å². The summed E-state index contributed by atoms with van der Waals surface area (Å²) in [7, 11) is 0. The van der Waals surface area contributed by atoms with Gasteiger partial charge < -0.3 is 16.2 Å². The summed E-state index contributed by atoms with van der Waals surface area (Å²) in [6.45, 7) is 2.22. The van der Waals surface area contributed by atoms with Gasteiger partial charge in [0.25, 0.3) is 0 Å². The SMILES string of the molecule is CCCCCc1ccc(C#Cc2cnc(N)nc2NC2CCC(O)CC2)cc1. The number of benzene rings is 1. The lowest BCUT2D eigenvalue weighted by Gasteiger charge is -2.26. The molecule has 28 heavy (non-hydrogen) atoms. The molecule has 1 heterocycles. The van der Waals surface area contributed by atoms with Crippen LogP contribution in [0, 0.1) is 11.8 Å². The molecule has 0 unspecified atom stereocenters. The van der Waals surface area contributed by atoms with Crippen LogP contribution in [0.2, 0.25) is 0 Å². The zero-order chi connectivity index (χ0) is 19.8. The number of nitrogens with one attached hydrogen (secondary N) is 1. The van der Waals surface area contributed by atoms with Crippen molar-refractivity contribution in [2.75, 3.05) is 11.1 Å². The highest BCUT2D eigenvalue weighted by Crippen LogP contribution is 2.23. The molecule has 0 radical (unpaired) electrons. The lowest BCUT2D eigenvalue weighted by atomic mass is 9.93. The first-order chi connectivity index (χ1) is 13.6. The molecule has 1 fully saturated rings. The number of aromatic nitrogens is 2. The van der Waals surface area contributed by atoms with Crippen LogP contribution in [0.25, 0.3) is 0 Å². The Morgan fingerprint density at radius 1 is 1.11 bits per heavy atom. The number of aliphatic hydroxyl groups excluding tert-OH is 1. The maximum absolute atomic E-state index is 9.69. The van der Waals surface area contributed by atoms with Gasteiger partial charge in [-0.2, -0.15) is 4.98 Å². The van der Waals surface area contributed by atoms with E-state index in [4.69, 9.17) is 5.73 Å². The van der Waals surface area contributed by atoms with Crippen LogP contribution in [0.4, 0.5) is 11.8 Å². The van der Waals surface area contributed by atoms with Crippen LogP contribution >= 0.6 is 0 Å². The molecule has 1 aliphatic carbocycles. The second-order valence-corrected chi connectivity index (χ2v) is 7.54. The Kier molecular flexibility index (Phi) is 7.27. The molecular weight excluding hydrogens is 348 g/mol. The van der Waals surface area contributed by atoms with E-state index in [0.29, 0.717) is 5.82 Å². The summed E-state index contributed by atoms with van der Waals surface area (Å²) in [5, 5.41) is 13.1.